The van der Waals surface area contributed by atoms with E-state index in [-0.39, 0.29) is 13.2 Å². The van der Waals surface area contributed by atoms with Crippen molar-refractivity contribution in [2.24, 2.45) is 0 Å². The van der Waals surface area contributed by atoms with Crippen molar-refractivity contribution < 1.29 is 9.13 Å². The van der Waals surface area contributed by atoms with Crippen LogP contribution in [0.3, 0.4) is 0 Å². The van der Waals surface area contributed by atoms with Crippen molar-refractivity contribution in [2.75, 3.05) is 13.2 Å². The average Bonchev–Trinajstić information content (AvgIpc) is 2.17. The lowest BCUT2D eigenvalue weighted by Gasteiger charge is -2.33. The quantitative estimate of drug-likeness (QED) is 0.655. The van der Waals surface area contributed by atoms with E-state index >= 15 is 0 Å². The summed E-state index contributed by atoms with van der Waals surface area (Å²) in [6.07, 6.45) is 0.469. The molecule has 0 aromatic heterocycles. The Bertz CT molecular complexity index is 306. The monoisotopic (exact) mass is 191 g/mol. The van der Waals surface area contributed by atoms with Crippen molar-refractivity contribution in [3.8, 4) is 0 Å². The fourth-order valence-corrected chi connectivity index (χ4v) is 1.62. The topological polar surface area (TPSA) is 9.23 Å². The van der Waals surface area contributed by atoms with Crippen LogP contribution in [-0.2, 0) is 11.2 Å². The maximum atomic E-state index is 13.6. The molecule has 0 unspecified atom stereocenters. The fraction of sp³-hybridized carbons (Fsp3) is 0.455. The molecule has 0 saturated carbocycles. The lowest BCUT2D eigenvalue weighted by atomic mass is 9.73. The van der Waals surface area contributed by atoms with Crippen LogP contribution in [0.5, 0.6) is 0 Å². The molecule has 1 heterocycles. The Morgan fingerprint density at radius 2 is 2.00 bits per heavy atom. The standard InChI is InChI=1S/C11H13BFO/c1-12-10-4-2-9(3-5-10)6-11(13)7-14-8-11/h2-5H,6-8H2,1H3. The summed E-state index contributed by atoms with van der Waals surface area (Å²) in [5.74, 6) is 0. The first kappa shape index (κ1) is 9.72. The highest BCUT2D eigenvalue weighted by Crippen LogP contribution is 2.26. The molecule has 73 valence electrons. The first-order valence-corrected chi connectivity index (χ1v) is 4.87. The summed E-state index contributed by atoms with van der Waals surface area (Å²) in [6.45, 7) is 2.48. The summed E-state index contributed by atoms with van der Waals surface area (Å²) in [5, 5.41) is 0. The summed E-state index contributed by atoms with van der Waals surface area (Å²) in [7, 11) is 2.03. The van der Waals surface area contributed by atoms with E-state index in [2.05, 4.69) is 0 Å². The maximum absolute atomic E-state index is 13.6. The molecular formula is C11H13BFO. The van der Waals surface area contributed by atoms with Crippen LogP contribution >= 0.6 is 0 Å². The third-order valence-corrected chi connectivity index (χ3v) is 2.56. The molecular weight excluding hydrogens is 178 g/mol. The lowest BCUT2D eigenvalue weighted by Crippen LogP contribution is -2.47. The van der Waals surface area contributed by atoms with E-state index < -0.39 is 5.67 Å². The van der Waals surface area contributed by atoms with Gasteiger partial charge in [0.05, 0.1) is 13.2 Å². The van der Waals surface area contributed by atoms with Gasteiger partial charge in [-0.25, -0.2) is 4.39 Å². The van der Waals surface area contributed by atoms with Crippen LogP contribution in [-0.4, -0.2) is 26.2 Å². The molecule has 0 bridgehead atoms. The van der Waals surface area contributed by atoms with Gasteiger partial charge in [0.25, 0.3) is 0 Å². The van der Waals surface area contributed by atoms with Crippen molar-refractivity contribution in [1.29, 1.82) is 0 Å². The van der Waals surface area contributed by atoms with Gasteiger partial charge in [0.1, 0.15) is 7.28 Å². The Balaban J connectivity index is 2.02. The van der Waals surface area contributed by atoms with Gasteiger partial charge in [-0.1, -0.05) is 36.6 Å². The summed E-state index contributed by atoms with van der Waals surface area (Å²) in [6, 6.07) is 7.99. The van der Waals surface area contributed by atoms with E-state index in [1.807, 2.05) is 38.4 Å². The molecule has 1 nitrogen and oxygen atoms in total. The zero-order chi connectivity index (χ0) is 10.0. The van der Waals surface area contributed by atoms with E-state index in [0.717, 1.165) is 5.56 Å². The smallest absolute Gasteiger partial charge is 0.161 e. The molecule has 3 heteroatoms. The zero-order valence-electron chi connectivity index (χ0n) is 8.29. The number of ether oxygens (including phenoxy) is 1. The van der Waals surface area contributed by atoms with Gasteiger partial charge in [-0.15, -0.1) is 0 Å². The van der Waals surface area contributed by atoms with E-state index in [9.17, 15) is 4.39 Å². The molecule has 14 heavy (non-hydrogen) atoms. The molecule has 0 N–H and O–H groups in total. The number of hydrogen-bond acceptors (Lipinski definition) is 1. The number of halogens is 1. The van der Waals surface area contributed by atoms with Crippen LogP contribution in [0, 0.1) is 0 Å². The molecule has 1 aliphatic heterocycles. The van der Waals surface area contributed by atoms with E-state index in [1.165, 1.54) is 5.46 Å². The van der Waals surface area contributed by atoms with Gasteiger partial charge in [0, 0.05) is 6.42 Å². The molecule has 1 aromatic rings. The van der Waals surface area contributed by atoms with Crippen molar-refractivity contribution in [1.82, 2.24) is 0 Å². The lowest BCUT2D eigenvalue weighted by molar-refractivity contribution is -0.128. The summed E-state index contributed by atoms with van der Waals surface area (Å²) in [4.78, 5) is 0. The SMILES string of the molecule is C[B]c1ccc(CC2(F)COC2)cc1. The minimum Gasteiger partial charge on any atom is -0.375 e. The molecule has 1 radical (unpaired) electrons. The Labute approximate surface area is 84.5 Å². The third kappa shape index (κ3) is 1.98. The first-order valence-electron chi connectivity index (χ1n) is 4.87. The number of benzene rings is 1. The second-order valence-electron chi connectivity index (χ2n) is 3.85. The van der Waals surface area contributed by atoms with Crippen molar-refractivity contribution in [3.05, 3.63) is 29.8 Å². The number of hydrogen-bond donors (Lipinski definition) is 0. The maximum Gasteiger partial charge on any atom is 0.161 e. The fourth-order valence-electron chi connectivity index (χ4n) is 1.62. The highest BCUT2D eigenvalue weighted by Gasteiger charge is 2.38. The largest absolute Gasteiger partial charge is 0.375 e. The minimum atomic E-state index is -1.11. The zero-order valence-corrected chi connectivity index (χ0v) is 8.29. The van der Waals surface area contributed by atoms with Gasteiger partial charge >= 0.3 is 0 Å². The molecule has 0 spiro atoms. The number of alkyl halides is 1. The van der Waals surface area contributed by atoms with Crippen LogP contribution < -0.4 is 5.46 Å². The van der Waals surface area contributed by atoms with Crippen molar-refractivity contribution >= 4 is 12.7 Å². The van der Waals surface area contributed by atoms with Crippen LogP contribution in [0.1, 0.15) is 5.56 Å². The molecule has 1 saturated heterocycles. The molecule has 1 fully saturated rings. The van der Waals surface area contributed by atoms with E-state index in [0.29, 0.717) is 6.42 Å². The summed E-state index contributed by atoms with van der Waals surface area (Å²) >= 11 is 0. The Morgan fingerprint density at radius 3 is 2.43 bits per heavy atom. The second-order valence-corrected chi connectivity index (χ2v) is 3.85. The van der Waals surface area contributed by atoms with E-state index in [4.69, 9.17) is 4.74 Å². The van der Waals surface area contributed by atoms with Crippen LogP contribution in [0.25, 0.3) is 0 Å². The molecule has 1 aliphatic rings. The third-order valence-electron chi connectivity index (χ3n) is 2.56. The van der Waals surface area contributed by atoms with Gasteiger partial charge in [-0.3, -0.25) is 0 Å². The van der Waals surface area contributed by atoms with Crippen molar-refractivity contribution in [2.45, 2.75) is 18.9 Å². The van der Waals surface area contributed by atoms with Gasteiger partial charge in [-0.2, -0.15) is 0 Å². The van der Waals surface area contributed by atoms with E-state index in [1.54, 1.807) is 0 Å². The first-order chi connectivity index (χ1) is 6.72. The molecule has 2 rings (SSSR count). The van der Waals surface area contributed by atoms with Crippen LogP contribution in [0.15, 0.2) is 24.3 Å². The van der Waals surface area contributed by atoms with Gasteiger partial charge in [0.2, 0.25) is 0 Å². The highest BCUT2D eigenvalue weighted by molar-refractivity contribution is 6.51. The molecule has 0 amide bonds. The summed E-state index contributed by atoms with van der Waals surface area (Å²) < 4.78 is 18.5. The van der Waals surface area contributed by atoms with Crippen LogP contribution in [0.2, 0.25) is 6.82 Å². The summed E-state index contributed by atoms with van der Waals surface area (Å²) in [5.41, 5.74) is 1.10. The van der Waals surface area contributed by atoms with Crippen molar-refractivity contribution in [3.63, 3.8) is 0 Å². The van der Waals surface area contributed by atoms with Gasteiger partial charge < -0.3 is 4.74 Å². The minimum absolute atomic E-state index is 0.245. The molecule has 0 atom stereocenters. The normalized spacial score (nSPS) is 18.7. The predicted molar refractivity (Wildman–Crippen MR) is 56.1 cm³/mol. The van der Waals surface area contributed by atoms with Gasteiger partial charge in [-0.05, 0) is 5.56 Å². The molecule has 1 aromatic carbocycles. The highest BCUT2D eigenvalue weighted by atomic mass is 19.1. The van der Waals surface area contributed by atoms with Gasteiger partial charge in [0.15, 0.2) is 5.67 Å². The second kappa shape index (κ2) is 3.74. The Morgan fingerprint density at radius 1 is 1.36 bits per heavy atom. The van der Waals surface area contributed by atoms with Crippen LogP contribution in [0.4, 0.5) is 4.39 Å². The predicted octanol–water partition coefficient (Wildman–Crippen LogP) is 1.35. The Hall–Kier alpha value is -0.825. The Kier molecular flexibility index (Phi) is 2.59. The number of rotatable bonds is 3. The average molecular weight is 191 g/mol. The molecule has 0 aliphatic carbocycles.